The second-order valence-electron chi connectivity index (χ2n) is 2.12. The van der Waals surface area contributed by atoms with E-state index in [0.29, 0.717) is 0 Å². The summed E-state index contributed by atoms with van der Waals surface area (Å²) in [5.41, 5.74) is 0.0411. The Morgan fingerprint density at radius 1 is 1.50 bits per heavy atom. The Bertz CT molecular complexity index is 208. The molecule has 0 aliphatic heterocycles. The molecule has 0 atom stereocenters. The highest BCUT2D eigenvalue weighted by molar-refractivity contribution is 6.16. The third-order valence-corrected chi connectivity index (χ3v) is 1.16. The van der Waals surface area contributed by atoms with Gasteiger partial charge >= 0.3 is 5.97 Å². The summed E-state index contributed by atoms with van der Waals surface area (Å²) in [5.74, 6) is -0.887. The number of Topliss-reactive ketones (excluding diaryl/α,β-unsaturated/α-hetero) is 1. The first-order valence-corrected chi connectivity index (χ1v) is 3.69. The predicted octanol–water partition coefficient (Wildman–Crippen LogP) is 0.242. The molecule has 12 heavy (non-hydrogen) atoms. The summed E-state index contributed by atoms with van der Waals surface area (Å²) in [5, 5.41) is 2.60. The first-order valence-electron chi connectivity index (χ1n) is 3.69. The molecule has 0 spiro atoms. The summed E-state index contributed by atoms with van der Waals surface area (Å²) >= 11 is 0. The van der Waals surface area contributed by atoms with Gasteiger partial charge in [-0.2, -0.15) is 0 Å². The highest BCUT2D eigenvalue weighted by Crippen LogP contribution is 1.97. The molecule has 1 N–H and O–H groups in total. The molecule has 0 saturated carbocycles. The van der Waals surface area contributed by atoms with Crippen LogP contribution in [0.2, 0.25) is 0 Å². The average Bonchev–Trinajstić information content (AvgIpc) is 1.99. The fourth-order valence-corrected chi connectivity index (χ4v) is 0.657. The second-order valence-corrected chi connectivity index (χ2v) is 2.12. The van der Waals surface area contributed by atoms with Crippen LogP contribution in [0, 0.1) is 0 Å². The van der Waals surface area contributed by atoms with E-state index in [1.165, 1.54) is 13.1 Å². The standard InChI is InChI=1S/C8H13NO3/c1-4-12-8(11)7(5-9-3)6(2)10/h5,9H,4H2,1-3H3/b7-5-. The van der Waals surface area contributed by atoms with Gasteiger partial charge < -0.3 is 10.1 Å². The van der Waals surface area contributed by atoms with Crippen LogP contribution in [0.5, 0.6) is 0 Å². The van der Waals surface area contributed by atoms with Gasteiger partial charge in [-0.25, -0.2) is 4.79 Å². The molecular weight excluding hydrogens is 158 g/mol. The summed E-state index contributed by atoms with van der Waals surface area (Å²) in [6.07, 6.45) is 1.33. The number of nitrogens with one attached hydrogen (secondary N) is 1. The summed E-state index contributed by atoms with van der Waals surface area (Å²) in [4.78, 5) is 21.9. The molecule has 0 aliphatic carbocycles. The van der Waals surface area contributed by atoms with Crippen LogP contribution in [0.4, 0.5) is 0 Å². The van der Waals surface area contributed by atoms with Crippen molar-refractivity contribution in [1.29, 1.82) is 0 Å². The summed E-state index contributed by atoms with van der Waals surface area (Å²) in [6.45, 7) is 3.28. The fraction of sp³-hybridized carbons (Fsp3) is 0.500. The zero-order chi connectivity index (χ0) is 9.56. The van der Waals surface area contributed by atoms with E-state index in [2.05, 4.69) is 10.1 Å². The van der Waals surface area contributed by atoms with Crippen molar-refractivity contribution in [1.82, 2.24) is 5.32 Å². The van der Waals surface area contributed by atoms with Crippen LogP contribution >= 0.6 is 0 Å². The first-order chi connectivity index (χ1) is 5.63. The van der Waals surface area contributed by atoms with Gasteiger partial charge in [-0.15, -0.1) is 0 Å². The van der Waals surface area contributed by atoms with Crippen molar-refractivity contribution in [3.05, 3.63) is 11.8 Å². The molecule has 0 aromatic heterocycles. The van der Waals surface area contributed by atoms with Crippen molar-refractivity contribution in [3.63, 3.8) is 0 Å². The van der Waals surface area contributed by atoms with E-state index < -0.39 is 5.97 Å². The lowest BCUT2D eigenvalue weighted by molar-refractivity contribution is -0.139. The molecule has 0 rings (SSSR count). The first kappa shape index (κ1) is 10.7. The number of carbonyl (C=O) groups excluding carboxylic acids is 2. The van der Waals surface area contributed by atoms with Crippen LogP contribution in [0.15, 0.2) is 11.8 Å². The topological polar surface area (TPSA) is 55.4 Å². The van der Waals surface area contributed by atoms with Crippen molar-refractivity contribution < 1.29 is 14.3 Å². The van der Waals surface area contributed by atoms with Crippen LogP contribution in [-0.2, 0) is 14.3 Å². The largest absolute Gasteiger partial charge is 0.462 e. The quantitative estimate of drug-likeness (QED) is 0.285. The SMILES string of the molecule is CCOC(=O)/C(=C\NC)C(C)=O. The van der Waals surface area contributed by atoms with Crippen LogP contribution < -0.4 is 5.32 Å². The summed E-state index contributed by atoms with van der Waals surface area (Å²) < 4.78 is 4.65. The Morgan fingerprint density at radius 2 is 2.08 bits per heavy atom. The van der Waals surface area contributed by atoms with Crippen molar-refractivity contribution in [2.45, 2.75) is 13.8 Å². The van der Waals surface area contributed by atoms with E-state index in [1.807, 2.05) is 0 Å². The third-order valence-electron chi connectivity index (χ3n) is 1.16. The molecule has 0 saturated heterocycles. The zero-order valence-corrected chi connectivity index (χ0v) is 7.51. The Kier molecular flexibility index (Phi) is 4.76. The minimum atomic E-state index is -0.584. The third kappa shape index (κ3) is 3.18. The number of ketones is 1. The predicted molar refractivity (Wildman–Crippen MR) is 44.5 cm³/mol. The van der Waals surface area contributed by atoms with Crippen molar-refractivity contribution in [2.75, 3.05) is 13.7 Å². The highest BCUT2D eigenvalue weighted by Gasteiger charge is 2.14. The van der Waals surface area contributed by atoms with Gasteiger partial charge in [0.05, 0.1) is 6.61 Å². The van der Waals surface area contributed by atoms with Crippen LogP contribution in [0.1, 0.15) is 13.8 Å². The van der Waals surface area contributed by atoms with E-state index >= 15 is 0 Å². The maximum absolute atomic E-state index is 11.0. The van der Waals surface area contributed by atoms with Gasteiger partial charge in [0.25, 0.3) is 0 Å². The van der Waals surface area contributed by atoms with Gasteiger partial charge in [0.2, 0.25) is 0 Å². The molecule has 0 fully saturated rings. The maximum atomic E-state index is 11.0. The van der Waals surface area contributed by atoms with Gasteiger partial charge in [-0.1, -0.05) is 0 Å². The maximum Gasteiger partial charge on any atom is 0.343 e. The summed E-state index contributed by atoms with van der Waals surface area (Å²) in [7, 11) is 1.61. The number of esters is 1. The van der Waals surface area contributed by atoms with E-state index in [0.717, 1.165) is 0 Å². The zero-order valence-electron chi connectivity index (χ0n) is 7.51. The molecule has 0 radical (unpaired) electrons. The van der Waals surface area contributed by atoms with Gasteiger partial charge in [0.1, 0.15) is 5.57 Å². The molecule has 0 bridgehead atoms. The number of ether oxygens (including phenoxy) is 1. The van der Waals surface area contributed by atoms with Crippen LogP contribution in [0.3, 0.4) is 0 Å². The van der Waals surface area contributed by atoms with Crippen molar-refractivity contribution in [2.24, 2.45) is 0 Å². The molecule has 0 amide bonds. The Hall–Kier alpha value is -1.32. The summed E-state index contributed by atoms with van der Waals surface area (Å²) in [6, 6.07) is 0. The van der Waals surface area contributed by atoms with Gasteiger partial charge in [0.15, 0.2) is 5.78 Å². The molecule has 0 aromatic carbocycles. The van der Waals surface area contributed by atoms with Crippen LogP contribution in [0.25, 0.3) is 0 Å². The minimum absolute atomic E-state index is 0.0411. The molecule has 0 aliphatic rings. The highest BCUT2D eigenvalue weighted by atomic mass is 16.5. The van der Waals surface area contributed by atoms with E-state index in [9.17, 15) is 9.59 Å². The lowest BCUT2D eigenvalue weighted by Gasteiger charge is -2.02. The van der Waals surface area contributed by atoms with Crippen LogP contribution in [-0.4, -0.2) is 25.4 Å². The normalized spacial score (nSPS) is 10.8. The minimum Gasteiger partial charge on any atom is -0.462 e. The number of rotatable bonds is 4. The molecule has 0 unspecified atom stereocenters. The number of carbonyl (C=O) groups is 2. The van der Waals surface area contributed by atoms with Gasteiger partial charge in [-0.3, -0.25) is 4.79 Å². The van der Waals surface area contributed by atoms with Gasteiger partial charge in [0, 0.05) is 13.2 Å². The van der Waals surface area contributed by atoms with Crippen molar-refractivity contribution in [3.8, 4) is 0 Å². The molecule has 0 aromatic rings. The number of hydrogen-bond donors (Lipinski definition) is 1. The smallest absolute Gasteiger partial charge is 0.343 e. The lowest BCUT2D eigenvalue weighted by Crippen LogP contribution is -2.16. The lowest BCUT2D eigenvalue weighted by atomic mass is 10.2. The molecule has 68 valence electrons. The molecule has 0 heterocycles. The molecule has 4 nitrogen and oxygen atoms in total. The monoisotopic (exact) mass is 171 g/mol. The average molecular weight is 171 g/mol. The van der Waals surface area contributed by atoms with E-state index in [4.69, 9.17) is 0 Å². The Balaban J connectivity index is 4.41. The number of hydrogen-bond acceptors (Lipinski definition) is 4. The van der Waals surface area contributed by atoms with Gasteiger partial charge in [-0.05, 0) is 13.8 Å². The van der Waals surface area contributed by atoms with E-state index in [-0.39, 0.29) is 18.0 Å². The Labute approximate surface area is 71.6 Å². The van der Waals surface area contributed by atoms with Crippen molar-refractivity contribution >= 4 is 11.8 Å². The van der Waals surface area contributed by atoms with E-state index in [1.54, 1.807) is 14.0 Å². The second kappa shape index (κ2) is 5.35. The molecule has 4 heteroatoms. The Morgan fingerprint density at radius 3 is 2.42 bits per heavy atom. The fourth-order valence-electron chi connectivity index (χ4n) is 0.657. The molecular formula is C8H13NO3.